The van der Waals surface area contributed by atoms with E-state index in [1.165, 1.54) is 5.38 Å². The summed E-state index contributed by atoms with van der Waals surface area (Å²) in [5, 5.41) is 0.704. The lowest BCUT2D eigenvalue weighted by Crippen LogP contribution is -2.16. The van der Waals surface area contributed by atoms with Crippen LogP contribution in [0.4, 0.5) is 9.18 Å². The number of hydrogen-bond donors (Lipinski definition) is 1. The van der Waals surface area contributed by atoms with Gasteiger partial charge < -0.3 is 10.5 Å². The number of thiophene rings is 1. The highest BCUT2D eigenvalue weighted by molar-refractivity contribution is 7.09. The van der Waals surface area contributed by atoms with E-state index in [-0.39, 0.29) is 10.8 Å². The summed E-state index contributed by atoms with van der Waals surface area (Å²) in [5.41, 5.74) is 4.64. The molecule has 0 aliphatic heterocycles. The molecule has 0 fully saturated rings. The minimum atomic E-state index is -1.08. The standard InChI is InChI=1S/C5H3ClFNO2S/c6-2-1-11-4(7)3(2)10-5(8)9/h1H,(H2,8,9). The second kappa shape index (κ2) is 3.06. The van der Waals surface area contributed by atoms with Crippen LogP contribution in [0.5, 0.6) is 5.75 Å². The van der Waals surface area contributed by atoms with E-state index in [0.29, 0.717) is 0 Å². The van der Waals surface area contributed by atoms with Crippen LogP contribution in [-0.4, -0.2) is 6.09 Å². The number of carbonyl (C=O) groups excluding carboxylic acids is 1. The van der Waals surface area contributed by atoms with Crippen molar-refractivity contribution < 1.29 is 13.9 Å². The van der Waals surface area contributed by atoms with Crippen LogP contribution in [0, 0.1) is 5.13 Å². The Morgan fingerprint density at radius 3 is 2.82 bits per heavy atom. The second-order valence-corrected chi connectivity index (χ2v) is 2.84. The summed E-state index contributed by atoms with van der Waals surface area (Å²) < 4.78 is 16.8. The number of primary amides is 1. The molecule has 1 aromatic heterocycles. The van der Waals surface area contributed by atoms with Gasteiger partial charge in [-0.05, 0) is 0 Å². The lowest BCUT2D eigenvalue weighted by atomic mass is 10.6. The zero-order chi connectivity index (χ0) is 8.43. The number of ether oxygens (including phenoxy) is 1. The van der Waals surface area contributed by atoms with E-state index >= 15 is 0 Å². The zero-order valence-electron chi connectivity index (χ0n) is 5.14. The maximum Gasteiger partial charge on any atom is 0.410 e. The molecule has 3 nitrogen and oxygen atoms in total. The third kappa shape index (κ3) is 1.81. The summed E-state index contributed by atoms with van der Waals surface area (Å²) in [5.74, 6) is -0.302. The third-order valence-electron chi connectivity index (χ3n) is 0.864. The van der Waals surface area contributed by atoms with Crippen molar-refractivity contribution in [3.63, 3.8) is 0 Å². The number of amides is 1. The Labute approximate surface area is 70.5 Å². The van der Waals surface area contributed by atoms with Crippen molar-refractivity contribution in [1.82, 2.24) is 0 Å². The third-order valence-corrected chi connectivity index (χ3v) is 2.02. The molecule has 0 saturated carbocycles. The molecule has 0 spiro atoms. The number of carbonyl (C=O) groups is 1. The number of hydrogen-bond acceptors (Lipinski definition) is 3. The molecule has 1 heterocycles. The van der Waals surface area contributed by atoms with Gasteiger partial charge in [0.2, 0.25) is 5.13 Å². The monoisotopic (exact) mass is 195 g/mol. The van der Waals surface area contributed by atoms with E-state index in [0.717, 1.165) is 11.3 Å². The maximum atomic E-state index is 12.6. The van der Waals surface area contributed by atoms with Crippen LogP contribution < -0.4 is 10.5 Å². The summed E-state index contributed by atoms with van der Waals surface area (Å²) in [7, 11) is 0. The van der Waals surface area contributed by atoms with Crippen molar-refractivity contribution in [1.29, 1.82) is 0 Å². The van der Waals surface area contributed by atoms with E-state index in [9.17, 15) is 9.18 Å². The smallest absolute Gasteiger partial charge is 0.405 e. The predicted octanol–water partition coefficient (Wildman–Crippen LogP) is 2.00. The van der Waals surface area contributed by atoms with Gasteiger partial charge in [0.25, 0.3) is 0 Å². The fraction of sp³-hybridized carbons (Fsp3) is 0. The molecule has 60 valence electrons. The summed E-state index contributed by atoms with van der Waals surface area (Å²) in [6.07, 6.45) is -1.08. The molecule has 0 aliphatic rings. The van der Waals surface area contributed by atoms with E-state index < -0.39 is 11.2 Å². The molecule has 0 aliphatic carbocycles. The van der Waals surface area contributed by atoms with Gasteiger partial charge in [-0.1, -0.05) is 11.6 Å². The number of halogens is 2. The lowest BCUT2D eigenvalue weighted by Gasteiger charge is -1.96. The maximum absolute atomic E-state index is 12.6. The number of rotatable bonds is 1. The Kier molecular flexibility index (Phi) is 2.31. The van der Waals surface area contributed by atoms with Crippen LogP contribution in [-0.2, 0) is 0 Å². The van der Waals surface area contributed by atoms with Crippen LogP contribution >= 0.6 is 22.9 Å². The first kappa shape index (κ1) is 8.29. The average Bonchev–Trinajstić information content (AvgIpc) is 2.18. The van der Waals surface area contributed by atoms with Crippen LogP contribution in [0.3, 0.4) is 0 Å². The molecular weight excluding hydrogens is 193 g/mol. The molecule has 0 radical (unpaired) electrons. The van der Waals surface area contributed by atoms with Crippen molar-refractivity contribution in [3.8, 4) is 5.75 Å². The van der Waals surface area contributed by atoms with Crippen LogP contribution in [0.15, 0.2) is 5.38 Å². The lowest BCUT2D eigenvalue weighted by molar-refractivity contribution is 0.209. The first-order valence-electron chi connectivity index (χ1n) is 2.51. The van der Waals surface area contributed by atoms with Crippen molar-refractivity contribution in [2.75, 3.05) is 0 Å². The minimum Gasteiger partial charge on any atom is -0.405 e. The fourth-order valence-electron chi connectivity index (χ4n) is 0.494. The predicted molar refractivity (Wildman–Crippen MR) is 39.5 cm³/mol. The SMILES string of the molecule is NC(=O)Oc1c(Cl)csc1F. The van der Waals surface area contributed by atoms with Crippen LogP contribution in [0.2, 0.25) is 5.02 Å². The summed E-state index contributed by atoms with van der Waals surface area (Å²) in [6, 6.07) is 0. The zero-order valence-corrected chi connectivity index (χ0v) is 6.71. The van der Waals surface area contributed by atoms with Gasteiger partial charge in [0.15, 0.2) is 5.75 Å². The topological polar surface area (TPSA) is 52.3 Å². The second-order valence-electron chi connectivity index (χ2n) is 1.61. The molecule has 2 N–H and O–H groups in total. The molecule has 1 amide bonds. The van der Waals surface area contributed by atoms with E-state index in [1.807, 2.05) is 0 Å². The van der Waals surface area contributed by atoms with Gasteiger partial charge in [-0.25, -0.2) is 4.79 Å². The molecule has 0 aromatic carbocycles. The van der Waals surface area contributed by atoms with Gasteiger partial charge in [0.1, 0.15) is 0 Å². The summed E-state index contributed by atoms with van der Waals surface area (Å²) in [4.78, 5) is 10.2. The Hall–Kier alpha value is -0.810. The molecule has 6 heteroatoms. The van der Waals surface area contributed by atoms with Gasteiger partial charge in [-0.2, -0.15) is 4.39 Å². The molecule has 0 saturated heterocycles. The van der Waals surface area contributed by atoms with Crippen LogP contribution in [0.25, 0.3) is 0 Å². The molecule has 11 heavy (non-hydrogen) atoms. The minimum absolute atomic E-state index is 0.0475. The molecule has 0 bridgehead atoms. The summed E-state index contributed by atoms with van der Waals surface area (Å²) in [6.45, 7) is 0. The Bertz CT molecular complexity index is 269. The van der Waals surface area contributed by atoms with Crippen LogP contribution in [0.1, 0.15) is 0 Å². The Balaban J connectivity index is 2.92. The summed E-state index contributed by atoms with van der Waals surface area (Å²) >= 11 is 6.17. The highest BCUT2D eigenvalue weighted by Crippen LogP contribution is 2.32. The first-order chi connectivity index (χ1) is 5.11. The van der Waals surface area contributed by atoms with Gasteiger partial charge in [-0.15, -0.1) is 11.3 Å². The van der Waals surface area contributed by atoms with Crippen molar-refractivity contribution in [2.24, 2.45) is 5.73 Å². The number of nitrogens with two attached hydrogens (primary N) is 1. The highest BCUT2D eigenvalue weighted by Gasteiger charge is 2.13. The molecule has 1 rings (SSSR count). The molecule has 0 atom stereocenters. The van der Waals surface area contributed by atoms with E-state index in [2.05, 4.69) is 10.5 Å². The van der Waals surface area contributed by atoms with Gasteiger partial charge in [0, 0.05) is 5.38 Å². The van der Waals surface area contributed by atoms with Crippen molar-refractivity contribution in [3.05, 3.63) is 15.5 Å². The van der Waals surface area contributed by atoms with Crippen molar-refractivity contribution >= 4 is 29.0 Å². The molecule has 0 unspecified atom stereocenters. The largest absolute Gasteiger partial charge is 0.410 e. The van der Waals surface area contributed by atoms with E-state index in [1.54, 1.807) is 0 Å². The average molecular weight is 196 g/mol. The Morgan fingerprint density at radius 2 is 2.45 bits per heavy atom. The quantitative estimate of drug-likeness (QED) is 0.745. The molecule has 1 aromatic rings. The molecular formula is C5H3ClFNO2S. The van der Waals surface area contributed by atoms with Gasteiger partial charge in [-0.3, -0.25) is 0 Å². The Morgan fingerprint density at radius 1 is 1.82 bits per heavy atom. The van der Waals surface area contributed by atoms with Gasteiger partial charge >= 0.3 is 6.09 Å². The fourth-order valence-corrected chi connectivity index (χ4v) is 1.38. The normalized spacial score (nSPS) is 9.64. The van der Waals surface area contributed by atoms with Gasteiger partial charge in [0.05, 0.1) is 5.02 Å². The van der Waals surface area contributed by atoms with E-state index in [4.69, 9.17) is 11.6 Å². The first-order valence-corrected chi connectivity index (χ1v) is 3.77. The van der Waals surface area contributed by atoms with Crippen molar-refractivity contribution in [2.45, 2.75) is 0 Å². The highest BCUT2D eigenvalue weighted by atomic mass is 35.5.